The number of ether oxygens (including phenoxy) is 2. The van der Waals surface area contributed by atoms with Gasteiger partial charge in [-0.05, 0) is 18.4 Å². The molecule has 4 rings (SSSR count). The van der Waals surface area contributed by atoms with Gasteiger partial charge in [-0.25, -0.2) is 9.67 Å². The minimum Gasteiger partial charge on any atom is -0.381 e. The lowest BCUT2D eigenvalue weighted by atomic mass is 10.00. The molecule has 3 aromatic rings. The molecule has 0 unspecified atom stereocenters. The van der Waals surface area contributed by atoms with Gasteiger partial charge in [0.15, 0.2) is 11.6 Å². The molecule has 26 heavy (non-hydrogen) atoms. The van der Waals surface area contributed by atoms with Crippen molar-refractivity contribution < 1.29 is 9.47 Å². The van der Waals surface area contributed by atoms with Crippen molar-refractivity contribution >= 4 is 0 Å². The van der Waals surface area contributed by atoms with Crippen LogP contribution in [0.2, 0.25) is 0 Å². The SMILES string of the molecule is Cn1cc(-n2nc(C3CCOCC3)nc2COCc2ccccc2)cn1. The fraction of sp³-hybridized carbons (Fsp3) is 0.421. The number of nitrogens with zero attached hydrogens (tertiary/aromatic N) is 5. The number of benzene rings is 1. The molecule has 0 N–H and O–H groups in total. The standard InChI is InChI=1S/C19H23N5O2/c1-23-12-17(11-20-23)24-18(14-26-13-15-5-3-2-4-6-15)21-19(22-24)16-7-9-25-10-8-16/h2-6,11-12,16H,7-10,13-14H2,1H3. The molecule has 0 aliphatic carbocycles. The topological polar surface area (TPSA) is 67.0 Å². The van der Waals surface area contributed by atoms with Crippen LogP contribution in [0.4, 0.5) is 0 Å². The Balaban J connectivity index is 1.53. The van der Waals surface area contributed by atoms with Crippen molar-refractivity contribution in [2.24, 2.45) is 7.05 Å². The Hall–Kier alpha value is -2.51. The maximum Gasteiger partial charge on any atom is 0.158 e. The molecule has 0 spiro atoms. The fourth-order valence-corrected chi connectivity index (χ4v) is 3.14. The van der Waals surface area contributed by atoms with E-state index >= 15 is 0 Å². The summed E-state index contributed by atoms with van der Waals surface area (Å²) in [6, 6.07) is 10.1. The summed E-state index contributed by atoms with van der Waals surface area (Å²) < 4.78 is 15.0. The third kappa shape index (κ3) is 3.84. The van der Waals surface area contributed by atoms with Gasteiger partial charge in [-0.3, -0.25) is 4.68 Å². The predicted octanol–water partition coefficient (Wildman–Crippen LogP) is 2.61. The van der Waals surface area contributed by atoms with Gasteiger partial charge < -0.3 is 9.47 Å². The maximum absolute atomic E-state index is 5.90. The van der Waals surface area contributed by atoms with Gasteiger partial charge in [0.05, 0.1) is 19.0 Å². The van der Waals surface area contributed by atoms with Crippen molar-refractivity contribution in [3.63, 3.8) is 0 Å². The highest BCUT2D eigenvalue weighted by molar-refractivity contribution is 5.26. The van der Waals surface area contributed by atoms with Crippen LogP contribution >= 0.6 is 0 Å². The lowest BCUT2D eigenvalue weighted by Crippen LogP contribution is -2.15. The molecule has 0 bridgehead atoms. The zero-order valence-electron chi connectivity index (χ0n) is 14.9. The summed E-state index contributed by atoms with van der Waals surface area (Å²) in [6.45, 7) is 2.49. The molecule has 7 nitrogen and oxygen atoms in total. The van der Waals surface area contributed by atoms with Crippen LogP contribution in [-0.2, 0) is 29.7 Å². The van der Waals surface area contributed by atoms with E-state index in [4.69, 9.17) is 19.6 Å². The molecule has 7 heteroatoms. The van der Waals surface area contributed by atoms with Gasteiger partial charge >= 0.3 is 0 Å². The minimum absolute atomic E-state index is 0.342. The highest BCUT2D eigenvalue weighted by Gasteiger charge is 2.23. The molecule has 3 heterocycles. The molecule has 1 aliphatic rings. The van der Waals surface area contributed by atoms with Gasteiger partial charge in [0.1, 0.15) is 12.3 Å². The molecule has 0 radical (unpaired) electrons. The van der Waals surface area contributed by atoms with E-state index < -0.39 is 0 Å². The highest BCUT2D eigenvalue weighted by Crippen LogP contribution is 2.25. The molecule has 2 aromatic heterocycles. The first-order chi connectivity index (χ1) is 12.8. The summed E-state index contributed by atoms with van der Waals surface area (Å²) in [6.07, 6.45) is 5.65. The normalized spacial score (nSPS) is 15.4. The monoisotopic (exact) mass is 353 g/mol. The van der Waals surface area contributed by atoms with Crippen LogP contribution in [0, 0.1) is 0 Å². The van der Waals surface area contributed by atoms with Crippen molar-refractivity contribution in [1.82, 2.24) is 24.5 Å². The van der Waals surface area contributed by atoms with Crippen LogP contribution in [0.3, 0.4) is 0 Å². The second-order valence-corrected chi connectivity index (χ2v) is 6.54. The van der Waals surface area contributed by atoms with E-state index in [1.807, 2.05) is 36.1 Å². The number of hydrogen-bond acceptors (Lipinski definition) is 5. The van der Waals surface area contributed by atoms with Gasteiger partial charge in [-0.2, -0.15) is 10.2 Å². The summed E-state index contributed by atoms with van der Waals surface area (Å²) in [5.74, 6) is 2.01. The van der Waals surface area contributed by atoms with Crippen LogP contribution in [-0.4, -0.2) is 37.8 Å². The number of rotatable bonds is 6. The summed E-state index contributed by atoms with van der Waals surface area (Å²) in [5.41, 5.74) is 2.04. The maximum atomic E-state index is 5.90. The van der Waals surface area contributed by atoms with Crippen LogP contribution < -0.4 is 0 Å². The van der Waals surface area contributed by atoms with Crippen molar-refractivity contribution in [2.75, 3.05) is 13.2 Å². The van der Waals surface area contributed by atoms with Gasteiger partial charge in [-0.15, -0.1) is 0 Å². The average molecular weight is 353 g/mol. The molecule has 1 aromatic carbocycles. The molecule has 1 saturated heterocycles. The molecular weight excluding hydrogens is 330 g/mol. The minimum atomic E-state index is 0.342. The zero-order chi connectivity index (χ0) is 17.8. The van der Waals surface area contributed by atoms with Crippen LogP contribution in [0.1, 0.15) is 36.0 Å². The first kappa shape index (κ1) is 16.9. The lowest BCUT2D eigenvalue weighted by Gasteiger charge is -2.18. The van der Waals surface area contributed by atoms with Gasteiger partial charge in [0.2, 0.25) is 0 Å². The van der Waals surface area contributed by atoms with Crippen molar-refractivity contribution in [3.05, 3.63) is 59.9 Å². The number of hydrogen-bond donors (Lipinski definition) is 0. The van der Waals surface area contributed by atoms with E-state index in [1.54, 1.807) is 10.9 Å². The first-order valence-electron chi connectivity index (χ1n) is 8.94. The van der Waals surface area contributed by atoms with Gasteiger partial charge in [0.25, 0.3) is 0 Å². The molecule has 0 amide bonds. The molecule has 1 aliphatic heterocycles. The molecule has 0 atom stereocenters. The van der Waals surface area contributed by atoms with Crippen LogP contribution in [0.25, 0.3) is 5.69 Å². The number of aryl methyl sites for hydroxylation is 1. The second-order valence-electron chi connectivity index (χ2n) is 6.54. The number of aromatic nitrogens is 5. The lowest BCUT2D eigenvalue weighted by molar-refractivity contribution is 0.0834. The molecule has 0 saturated carbocycles. The third-order valence-corrected chi connectivity index (χ3v) is 4.56. The smallest absolute Gasteiger partial charge is 0.158 e. The first-order valence-corrected chi connectivity index (χ1v) is 8.94. The Morgan fingerprint density at radius 1 is 1.15 bits per heavy atom. The van der Waals surface area contributed by atoms with E-state index in [-0.39, 0.29) is 0 Å². The van der Waals surface area contributed by atoms with E-state index in [0.29, 0.717) is 19.1 Å². The summed E-state index contributed by atoms with van der Waals surface area (Å²) in [7, 11) is 1.89. The Bertz CT molecular complexity index is 837. The van der Waals surface area contributed by atoms with E-state index in [9.17, 15) is 0 Å². The zero-order valence-corrected chi connectivity index (χ0v) is 14.9. The van der Waals surface area contributed by atoms with Crippen LogP contribution in [0.5, 0.6) is 0 Å². The Labute approximate surface area is 152 Å². The summed E-state index contributed by atoms with van der Waals surface area (Å²) in [5, 5.41) is 9.01. The highest BCUT2D eigenvalue weighted by atomic mass is 16.5. The Kier molecular flexibility index (Phi) is 5.08. The van der Waals surface area contributed by atoms with Crippen molar-refractivity contribution in [2.45, 2.75) is 32.0 Å². The summed E-state index contributed by atoms with van der Waals surface area (Å²) >= 11 is 0. The van der Waals surface area contributed by atoms with Gasteiger partial charge in [0, 0.05) is 26.2 Å². The Morgan fingerprint density at radius 3 is 2.69 bits per heavy atom. The van der Waals surface area contributed by atoms with E-state index in [2.05, 4.69) is 17.2 Å². The predicted molar refractivity (Wildman–Crippen MR) is 95.9 cm³/mol. The molecule has 136 valence electrons. The average Bonchev–Trinajstić information content (AvgIpc) is 3.30. The van der Waals surface area contributed by atoms with Gasteiger partial charge in [-0.1, -0.05) is 30.3 Å². The largest absolute Gasteiger partial charge is 0.381 e. The van der Waals surface area contributed by atoms with Crippen molar-refractivity contribution in [1.29, 1.82) is 0 Å². The third-order valence-electron chi connectivity index (χ3n) is 4.56. The quantitative estimate of drug-likeness (QED) is 0.681. The second kappa shape index (κ2) is 7.80. The van der Waals surface area contributed by atoms with E-state index in [1.165, 1.54) is 0 Å². The summed E-state index contributed by atoms with van der Waals surface area (Å²) in [4.78, 5) is 4.78. The van der Waals surface area contributed by atoms with E-state index in [0.717, 1.165) is 49.0 Å². The fourth-order valence-electron chi connectivity index (χ4n) is 3.14. The molecule has 1 fully saturated rings. The Morgan fingerprint density at radius 2 is 1.96 bits per heavy atom. The van der Waals surface area contributed by atoms with Crippen LogP contribution in [0.15, 0.2) is 42.7 Å². The molecular formula is C19H23N5O2. The van der Waals surface area contributed by atoms with Crippen molar-refractivity contribution in [3.8, 4) is 5.69 Å².